The molecule has 7 nitrogen and oxygen atoms in total. The topological polar surface area (TPSA) is 86.8 Å². The number of rotatable bonds is 11. The number of aryl methyl sites for hydroxylation is 2. The number of anilines is 1. The first kappa shape index (κ1) is 29.3. The molecule has 0 spiro atoms. The third kappa shape index (κ3) is 7.17. The lowest BCUT2D eigenvalue weighted by Gasteiger charge is -2.32. The first-order chi connectivity index (χ1) is 18.1. The number of likely N-dealkylation sites (N-methyl/N-ethyl adjacent to an activating group) is 1. The smallest absolute Gasteiger partial charge is 0.264 e. The summed E-state index contributed by atoms with van der Waals surface area (Å²) >= 11 is 1.51. The summed E-state index contributed by atoms with van der Waals surface area (Å²) < 4.78 is 28.8. The molecule has 0 aliphatic carbocycles. The summed E-state index contributed by atoms with van der Waals surface area (Å²) in [5.74, 6) is -0.777. The zero-order valence-electron chi connectivity index (χ0n) is 22.5. The van der Waals surface area contributed by atoms with Crippen LogP contribution in [0, 0.1) is 13.8 Å². The predicted octanol–water partition coefficient (Wildman–Crippen LogP) is 4.77. The van der Waals surface area contributed by atoms with Gasteiger partial charge in [0.2, 0.25) is 11.8 Å². The van der Waals surface area contributed by atoms with Crippen molar-refractivity contribution >= 4 is 39.3 Å². The van der Waals surface area contributed by atoms with E-state index in [0.29, 0.717) is 12.2 Å². The molecular formula is C29H35N3O4S2. The number of sulfonamides is 1. The maximum Gasteiger partial charge on any atom is 0.264 e. The molecular weight excluding hydrogens is 518 g/mol. The highest BCUT2D eigenvalue weighted by molar-refractivity contribution is 7.98. The molecule has 0 aliphatic rings. The van der Waals surface area contributed by atoms with Gasteiger partial charge in [0.25, 0.3) is 10.0 Å². The van der Waals surface area contributed by atoms with Crippen LogP contribution in [0.2, 0.25) is 0 Å². The average molecular weight is 554 g/mol. The zero-order valence-corrected chi connectivity index (χ0v) is 24.1. The van der Waals surface area contributed by atoms with Crippen molar-refractivity contribution in [2.75, 3.05) is 23.7 Å². The Balaban J connectivity index is 2.02. The second-order valence-electron chi connectivity index (χ2n) is 9.10. The van der Waals surface area contributed by atoms with Gasteiger partial charge in [-0.25, -0.2) is 8.42 Å². The maximum absolute atomic E-state index is 13.9. The van der Waals surface area contributed by atoms with Gasteiger partial charge in [-0.1, -0.05) is 47.5 Å². The molecule has 0 aliphatic heterocycles. The van der Waals surface area contributed by atoms with E-state index in [-0.39, 0.29) is 17.3 Å². The molecule has 0 radical (unpaired) electrons. The molecule has 38 heavy (non-hydrogen) atoms. The van der Waals surface area contributed by atoms with Crippen LogP contribution in [0.1, 0.15) is 30.5 Å². The number of carbonyl (C=O) groups is 2. The molecule has 1 atom stereocenters. The molecule has 3 rings (SSSR count). The van der Waals surface area contributed by atoms with Gasteiger partial charge in [-0.2, -0.15) is 0 Å². The number of benzene rings is 3. The molecule has 1 N–H and O–H groups in total. The first-order valence-electron chi connectivity index (χ1n) is 12.4. The Morgan fingerprint density at radius 1 is 0.947 bits per heavy atom. The first-order valence-corrected chi connectivity index (χ1v) is 15.1. The molecule has 9 heteroatoms. The number of thioether (sulfide) groups is 1. The number of hydrogen-bond acceptors (Lipinski definition) is 5. The largest absolute Gasteiger partial charge is 0.355 e. The van der Waals surface area contributed by atoms with Crippen molar-refractivity contribution in [2.45, 2.75) is 50.1 Å². The van der Waals surface area contributed by atoms with Gasteiger partial charge in [-0.3, -0.25) is 13.9 Å². The minimum absolute atomic E-state index is 0.0886. The second-order valence-corrected chi connectivity index (χ2v) is 11.8. The summed E-state index contributed by atoms with van der Waals surface area (Å²) in [6.07, 6.45) is 1.92. The van der Waals surface area contributed by atoms with Crippen LogP contribution in [0.4, 0.5) is 5.69 Å². The third-order valence-electron chi connectivity index (χ3n) is 6.20. The summed E-state index contributed by atoms with van der Waals surface area (Å²) in [6, 6.07) is 20.5. The standard InChI is InChI=1S/C29H35N3O4S2/c1-6-30-29(34)23(4)31(19-24-9-7-8-22(3)18-24)28(33)20-32(25-12-10-21(2)11-13-25)38(35,36)27-16-14-26(37-5)15-17-27/h7-18,23H,6,19-20H2,1-5H3,(H,30,34). The molecule has 202 valence electrons. The van der Waals surface area contributed by atoms with Gasteiger partial charge in [0, 0.05) is 18.0 Å². The number of hydrogen-bond donors (Lipinski definition) is 1. The van der Waals surface area contributed by atoms with E-state index in [1.54, 1.807) is 55.5 Å². The lowest BCUT2D eigenvalue weighted by atomic mass is 10.1. The van der Waals surface area contributed by atoms with Crippen LogP contribution in [0.5, 0.6) is 0 Å². The maximum atomic E-state index is 13.9. The fourth-order valence-electron chi connectivity index (χ4n) is 4.03. The summed E-state index contributed by atoms with van der Waals surface area (Å²) in [6.45, 7) is 7.47. The van der Waals surface area contributed by atoms with Crippen molar-refractivity contribution < 1.29 is 18.0 Å². The SMILES string of the molecule is CCNC(=O)C(C)N(Cc1cccc(C)c1)C(=O)CN(c1ccc(C)cc1)S(=O)(=O)c1ccc(SC)cc1. The van der Waals surface area contributed by atoms with E-state index in [2.05, 4.69) is 5.32 Å². The Morgan fingerprint density at radius 2 is 1.61 bits per heavy atom. The molecule has 0 saturated carbocycles. The molecule has 2 amide bonds. The monoisotopic (exact) mass is 553 g/mol. The van der Waals surface area contributed by atoms with E-state index in [4.69, 9.17) is 0 Å². The third-order valence-corrected chi connectivity index (χ3v) is 8.73. The fourth-order valence-corrected chi connectivity index (χ4v) is 5.85. The van der Waals surface area contributed by atoms with E-state index >= 15 is 0 Å². The molecule has 3 aromatic carbocycles. The quantitative estimate of drug-likeness (QED) is 0.346. The highest BCUT2D eigenvalue weighted by atomic mass is 32.2. The number of nitrogens with zero attached hydrogens (tertiary/aromatic N) is 2. The van der Waals surface area contributed by atoms with Crippen LogP contribution in [0.15, 0.2) is 82.6 Å². The summed E-state index contributed by atoms with van der Waals surface area (Å²) in [5.41, 5.74) is 3.22. The summed E-state index contributed by atoms with van der Waals surface area (Å²) in [7, 11) is -4.08. The zero-order chi connectivity index (χ0) is 27.9. The van der Waals surface area contributed by atoms with Crippen molar-refractivity contribution in [3.8, 4) is 0 Å². The van der Waals surface area contributed by atoms with Crippen molar-refractivity contribution in [3.05, 3.63) is 89.5 Å². The van der Waals surface area contributed by atoms with Gasteiger partial charge < -0.3 is 10.2 Å². The van der Waals surface area contributed by atoms with Crippen molar-refractivity contribution in [3.63, 3.8) is 0 Å². The number of amides is 2. The molecule has 1 unspecified atom stereocenters. The van der Waals surface area contributed by atoms with Crippen LogP contribution in [0.3, 0.4) is 0 Å². The normalized spacial score (nSPS) is 12.0. The minimum atomic E-state index is -4.08. The Hall–Kier alpha value is -3.30. The van der Waals surface area contributed by atoms with Crippen LogP contribution in [0.25, 0.3) is 0 Å². The van der Waals surface area contributed by atoms with E-state index < -0.39 is 28.5 Å². The second kappa shape index (κ2) is 13.0. The molecule has 0 saturated heterocycles. The van der Waals surface area contributed by atoms with Gasteiger partial charge in [0.15, 0.2) is 0 Å². The van der Waals surface area contributed by atoms with E-state index in [0.717, 1.165) is 25.9 Å². The van der Waals surface area contributed by atoms with Gasteiger partial charge in [0.05, 0.1) is 10.6 Å². The van der Waals surface area contributed by atoms with Gasteiger partial charge in [0.1, 0.15) is 12.6 Å². The Kier molecular flexibility index (Phi) is 9.99. The lowest BCUT2D eigenvalue weighted by molar-refractivity contribution is -0.139. The minimum Gasteiger partial charge on any atom is -0.355 e. The molecule has 0 fully saturated rings. The predicted molar refractivity (Wildman–Crippen MR) is 154 cm³/mol. The average Bonchev–Trinajstić information content (AvgIpc) is 2.90. The number of nitrogens with one attached hydrogen (secondary N) is 1. The Morgan fingerprint density at radius 3 is 2.18 bits per heavy atom. The van der Waals surface area contributed by atoms with Gasteiger partial charge in [-0.15, -0.1) is 11.8 Å². The van der Waals surface area contributed by atoms with E-state index in [1.807, 2.05) is 51.3 Å². The molecule has 3 aromatic rings. The van der Waals surface area contributed by atoms with Crippen LogP contribution in [-0.4, -0.2) is 50.5 Å². The van der Waals surface area contributed by atoms with E-state index in [1.165, 1.54) is 16.7 Å². The van der Waals surface area contributed by atoms with Crippen molar-refractivity contribution in [1.82, 2.24) is 10.2 Å². The van der Waals surface area contributed by atoms with Crippen molar-refractivity contribution in [1.29, 1.82) is 0 Å². The van der Waals surface area contributed by atoms with Crippen LogP contribution < -0.4 is 9.62 Å². The highest BCUT2D eigenvalue weighted by Gasteiger charge is 2.32. The number of carbonyl (C=O) groups excluding carboxylic acids is 2. The van der Waals surface area contributed by atoms with Crippen LogP contribution in [-0.2, 0) is 26.2 Å². The van der Waals surface area contributed by atoms with Gasteiger partial charge in [-0.05, 0) is 75.9 Å². The summed E-state index contributed by atoms with van der Waals surface area (Å²) in [4.78, 5) is 29.1. The van der Waals surface area contributed by atoms with E-state index in [9.17, 15) is 18.0 Å². The Labute approximate surface area is 230 Å². The molecule has 0 bridgehead atoms. The summed E-state index contributed by atoms with van der Waals surface area (Å²) in [5, 5.41) is 2.77. The van der Waals surface area contributed by atoms with Crippen molar-refractivity contribution in [2.24, 2.45) is 0 Å². The Bertz CT molecular complexity index is 1360. The van der Waals surface area contributed by atoms with Crippen LogP contribution >= 0.6 is 11.8 Å². The molecule has 0 heterocycles. The highest BCUT2D eigenvalue weighted by Crippen LogP contribution is 2.26. The fraction of sp³-hybridized carbons (Fsp3) is 0.310. The lowest BCUT2D eigenvalue weighted by Crippen LogP contribution is -2.51. The molecule has 0 aromatic heterocycles. The van der Waals surface area contributed by atoms with Gasteiger partial charge >= 0.3 is 0 Å².